The maximum atomic E-state index is 12.9. The van der Waals surface area contributed by atoms with Crippen molar-refractivity contribution in [3.05, 3.63) is 28.8 Å². The van der Waals surface area contributed by atoms with E-state index in [0.717, 1.165) is 6.20 Å². The molecule has 1 aromatic heterocycles. The van der Waals surface area contributed by atoms with E-state index in [-0.39, 0.29) is 17.7 Å². The predicted molar refractivity (Wildman–Crippen MR) is 43.0 cm³/mol. The molecule has 1 aromatic rings. The molecule has 0 saturated carbocycles. The van der Waals surface area contributed by atoms with E-state index in [9.17, 15) is 13.2 Å². The maximum Gasteiger partial charge on any atom is 0.264 e. The highest BCUT2D eigenvalue weighted by atomic mass is 19.3. The molecule has 0 aliphatic carbocycles. The van der Waals surface area contributed by atoms with Gasteiger partial charge in [0.2, 0.25) is 5.95 Å². The van der Waals surface area contributed by atoms with Crippen LogP contribution in [0, 0.1) is 5.95 Å². The third-order valence-electron chi connectivity index (χ3n) is 1.85. The Hall–Kier alpha value is -1.14. The number of alkyl halides is 2. The van der Waals surface area contributed by atoms with Crippen molar-refractivity contribution in [1.82, 2.24) is 4.98 Å². The molecule has 0 aromatic carbocycles. The van der Waals surface area contributed by atoms with Crippen molar-refractivity contribution in [2.75, 3.05) is 0 Å². The number of aliphatic hydroxyl groups excluding tert-OH is 1. The number of hydrogen-bond acceptors (Lipinski definition) is 3. The normalized spacial score (nSPS) is 11.0. The molecule has 0 saturated heterocycles. The molecule has 0 bridgehead atoms. The predicted octanol–water partition coefficient (Wildman–Crippen LogP) is 1.11. The highest BCUT2D eigenvalue weighted by Crippen LogP contribution is 2.27. The van der Waals surface area contributed by atoms with Gasteiger partial charge in [-0.2, -0.15) is 4.39 Å². The molecule has 14 heavy (non-hydrogen) atoms. The van der Waals surface area contributed by atoms with E-state index in [1.807, 2.05) is 0 Å². The Morgan fingerprint density at radius 3 is 2.57 bits per heavy atom. The summed E-state index contributed by atoms with van der Waals surface area (Å²) < 4.78 is 37.9. The first-order valence-electron chi connectivity index (χ1n) is 3.87. The van der Waals surface area contributed by atoms with Crippen LogP contribution >= 0.6 is 0 Å². The molecule has 0 unspecified atom stereocenters. The molecule has 0 radical (unpaired) electrons. The average molecular weight is 206 g/mol. The zero-order valence-corrected chi connectivity index (χ0v) is 7.17. The molecule has 1 heterocycles. The number of aliphatic hydroxyl groups is 1. The number of hydrogen-bond donors (Lipinski definition) is 2. The second-order valence-electron chi connectivity index (χ2n) is 2.63. The number of nitrogens with two attached hydrogens (primary N) is 1. The van der Waals surface area contributed by atoms with E-state index in [0.29, 0.717) is 0 Å². The van der Waals surface area contributed by atoms with Crippen LogP contribution < -0.4 is 5.73 Å². The second kappa shape index (κ2) is 4.39. The zero-order valence-electron chi connectivity index (χ0n) is 7.17. The lowest BCUT2D eigenvalue weighted by Crippen LogP contribution is -2.10. The quantitative estimate of drug-likeness (QED) is 0.728. The first-order valence-corrected chi connectivity index (χ1v) is 3.87. The SMILES string of the molecule is NCc1c(F)ncc(CO)c1C(F)F. The molecule has 0 atom stereocenters. The number of halogens is 3. The van der Waals surface area contributed by atoms with Crippen molar-refractivity contribution in [2.24, 2.45) is 5.73 Å². The van der Waals surface area contributed by atoms with E-state index in [1.54, 1.807) is 0 Å². The fourth-order valence-electron chi connectivity index (χ4n) is 1.18. The summed E-state index contributed by atoms with van der Waals surface area (Å²) in [5, 5.41) is 8.74. The van der Waals surface area contributed by atoms with E-state index in [2.05, 4.69) is 4.98 Å². The lowest BCUT2D eigenvalue weighted by Gasteiger charge is -2.11. The van der Waals surface area contributed by atoms with Crippen LogP contribution in [0.5, 0.6) is 0 Å². The Labute approximate surface area is 78.4 Å². The molecule has 78 valence electrons. The summed E-state index contributed by atoms with van der Waals surface area (Å²) in [5.74, 6) is -1.01. The van der Waals surface area contributed by atoms with E-state index < -0.39 is 24.5 Å². The minimum Gasteiger partial charge on any atom is -0.392 e. The smallest absolute Gasteiger partial charge is 0.264 e. The Bertz CT molecular complexity index is 331. The number of aromatic nitrogens is 1. The van der Waals surface area contributed by atoms with Crippen LogP contribution in [0.4, 0.5) is 13.2 Å². The minimum absolute atomic E-state index is 0.0955. The third kappa shape index (κ3) is 1.85. The average Bonchev–Trinajstić information content (AvgIpc) is 2.17. The van der Waals surface area contributed by atoms with Gasteiger partial charge in [-0.05, 0) is 0 Å². The molecule has 0 aliphatic rings. The Balaban J connectivity index is 3.36. The van der Waals surface area contributed by atoms with Crippen LogP contribution in [-0.4, -0.2) is 10.1 Å². The highest BCUT2D eigenvalue weighted by molar-refractivity contribution is 5.33. The van der Waals surface area contributed by atoms with Crippen LogP contribution in [0.25, 0.3) is 0 Å². The van der Waals surface area contributed by atoms with E-state index in [4.69, 9.17) is 10.8 Å². The summed E-state index contributed by atoms with van der Waals surface area (Å²) in [6, 6.07) is 0. The van der Waals surface area contributed by atoms with Gasteiger partial charge in [0.1, 0.15) is 0 Å². The van der Waals surface area contributed by atoms with Gasteiger partial charge in [0, 0.05) is 29.4 Å². The van der Waals surface area contributed by atoms with Crippen molar-refractivity contribution in [3.63, 3.8) is 0 Å². The van der Waals surface area contributed by atoms with Crippen LogP contribution in [0.15, 0.2) is 6.20 Å². The zero-order chi connectivity index (χ0) is 10.7. The Morgan fingerprint density at radius 1 is 1.50 bits per heavy atom. The fraction of sp³-hybridized carbons (Fsp3) is 0.375. The van der Waals surface area contributed by atoms with Crippen molar-refractivity contribution in [2.45, 2.75) is 19.6 Å². The lowest BCUT2D eigenvalue weighted by atomic mass is 10.1. The van der Waals surface area contributed by atoms with Gasteiger partial charge in [-0.25, -0.2) is 13.8 Å². The molecule has 3 nitrogen and oxygen atoms in total. The molecule has 0 amide bonds. The number of rotatable bonds is 3. The van der Waals surface area contributed by atoms with Crippen molar-refractivity contribution < 1.29 is 18.3 Å². The number of pyridine rings is 1. The van der Waals surface area contributed by atoms with E-state index in [1.165, 1.54) is 0 Å². The molecular formula is C8H9F3N2O. The summed E-state index contributed by atoms with van der Waals surface area (Å²) in [6.45, 7) is -0.980. The van der Waals surface area contributed by atoms with Gasteiger partial charge in [0.05, 0.1) is 6.61 Å². The summed E-state index contributed by atoms with van der Waals surface area (Å²) in [5.41, 5.74) is 4.13. The first-order chi connectivity index (χ1) is 6.61. The van der Waals surface area contributed by atoms with Crippen LogP contribution in [0.2, 0.25) is 0 Å². The Morgan fingerprint density at radius 2 is 2.14 bits per heavy atom. The standard InChI is InChI=1S/C8H9F3N2O/c9-7(10)6-4(3-14)2-13-8(11)5(6)1-12/h2,7,14H,1,3,12H2. The summed E-state index contributed by atoms with van der Waals surface area (Å²) in [7, 11) is 0. The first kappa shape index (κ1) is 10.9. The Kier molecular flexibility index (Phi) is 3.43. The lowest BCUT2D eigenvalue weighted by molar-refractivity contribution is 0.145. The monoisotopic (exact) mass is 206 g/mol. The van der Waals surface area contributed by atoms with Crippen LogP contribution in [-0.2, 0) is 13.2 Å². The maximum absolute atomic E-state index is 12.9. The molecule has 0 fully saturated rings. The van der Waals surface area contributed by atoms with Gasteiger partial charge in [-0.1, -0.05) is 0 Å². The fourth-order valence-corrected chi connectivity index (χ4v) is 1.18. The third-order valence-corrected chi connectivity index (χ3v) is 1.85. The van der Waals surface area contributed by atoms with Crippen LogP contribution in [0.1, 0.15) is 23.1 Å². The van der Waals surface area contributed by atoms with Crippen molar-refractivity contribution in [1.29, 1.82) is 0 Å². The largest absolute Gasteiger partial charge is 0.392 e. The van der Waals surface area contributed by atoms with Gasteiger partial charge in [0.15, 0.2) is 0 Å². The second-order valence-corrected chi connectivity index (χ2v) is 2.63. The summed E-state index contributed by atoms with van der Waals surface area (Å²) >= 11 is 0. The molecule has 6 heteroatoms. The minimum atomic E-state index is -2.87. The van der Waals surface area contributed by atoms with E-state index >= 15 is 0 Å². The molecule has 3 N–H and O–H groups in total. The molecular weight excluding hydrogens is 197 g/mol. The molecule has 1 rings (SSSR count). The summed E-state index contributed by atoms with van der Waals surface area (Å²) in [6.07, 6.45) is -1.98. The van der Waals surface area contributed by atoms with Gasteiger partial charge in [-0.15, -0.1) is 0 Å². The molecule has 0 spiro atoms. The van der Waals surface area contributed by atoms with Crippen molar-refractivity contribution >= 4 is 0 Å². The summed E-state index contributed by atoms with van der Waals surface area (Å²) in [4.78, 5) is 3.22. The van der Waals surface area contributed by atoms with Gasteiger partial charge in [0.25, 0.3) is 6.43 Å². The van der Waals surface area contributed by atoms with Gasteiger partial charge < -0.3 is 10.8 Å². The van der Waals surface area contributed by atoms with Crippen LogP contribution in [0.3, 0.4) is 0 Å². The number of nitrogens with zero attached hydrogens (tertiary/aromatic N) is 1. The van der Waals surface area contributed by atoms with Gasteiger partial charge in [-0.3, -0.25) is 0 Å². The topological polar surface area (TPSA) is 59.1 Å². The molecule has 0 aliphatic heterocycles. The highest BCUT2D eigenvalue weighted by Gasteiger charge is 2.20. The van der Waals surface area contributed by atoms with Gasteiger partial charge >= 0.3 is 0 Å². The van der Waals surface area contributed by atoms with Crippen molar-refractivity contribution in [3.8, 4) is 0 Å².